The van der Waals surface area contributed by atoms with Gasteiger partial charge in [-0.05, 0) is 43.3 Å². The third kappa shape index (κ3) is 4.21. The van der Waals surface area contributed by atoms with Gasteiger partial charge in [0.1, 0.15) is 18.1 Å². The van der Waals surface area contributed by atoms with E-state index >= 15 is 0 Å². The number of carbonyl (C=O) groups is 2. The van der Waals surface area contributed by atoms with Gasteiger partial charge in [-0.15, -0.1) is 0 Å². The summed E-state index contributed by atoms with van der Waals surface area (Å²) in [7, 11) is 0. The molecule has 0 bridgehead atoms. The molecule has 6 heteroatoms. The van der Waals surface area contributed by atoms with Gasteiger partial charge in [0.2, 0.25) is 0 Å². The molecule has 2 amide bonds. The Morgan fingerprint density at radius 1 is 1.07 bits per heavy atom. The van der Waals surface area contributed by atoms with Crippen LogP contribution in [0.2, 0.25) is 0 Å². The molecule has 0 spiro atoms. The average Bonchev–Trinajstić information content (AvgIpc) is 2.74. The van der Waals surface area contributed by atoms with E-state index in [1.165, 1.54) is 0 Å². The summed E-state index contributed by atoms with van der Waals surface area (Å²) >= 11 is 0. The molecule has 1 atom stereocenters. The van der Waals surface area contributed by atoms with Gasteiger partial charge in [-0.3, -0.25) is 9.59 Å². The Balaban J connectivity index is 1.49. The van der Waals surface area contributed by atoms with Crippen molar-refractivity contribution in [1.29, 1.82) is 0 Å². The maximum atomic E-state index is 12.8. The Hall–Kier alpha value is -3.80. The van der Waals surface area contributed by atoms with Crippen molar-refractivity contribution in [3.8, 4) is 11.5 Å². The van der Waals surface area contributed by atoms with Crippen molar-refractivity contribution >= 4 is 23.2 Å². The second-order valence-electron chi connectivity index (χ2n) is 6.67. The summed E-state index contributed by atoms with van der Waals surface area (Å²) in [6.07, 6.45) is -0.542. The van der Waals surface area contributed by atoms with Crippen LogP contribution in [0.4, 0.5) is 11.4 Å². The minimum atomic E-state index is -0.542. The molecule has 1 heterocycles. The Labute approximate surface area is 168 Å². The van der Waals surface area contributed by atoms with E-state index in [1.807, 2.05) is 48.5 Å². The number of rotatable bonds is 5. The van der Waals surface area contributed by atoms with Crippen molar-refractivity contribution in [2.75, 3.05) is 10.6 Å². The lowest BCUT2D eigenvalue weighted by molar-refractivity contribution is -0.122. The van der Waals surface area contributed by atoms with Crippen LogP contribution in [0, 0.1) is 0 Å². The third-order valence-electron chi connectivity index (χ3n) is 4.57. The number of carbonyl (C=O) groups excluding carboxylic acids is 2. The van der Waals surface area contributed by atoms with Crippen LogP contribution in [-0.2, 0) is 11.4 Å². The molecule has 0 aromatic heterocycles. The van der Waals surface area contributed by atoms with Crippen LogP contribution in [0.3, 0.4) is 0 Å². The highest BCUT2D eigenvalue weighted by atomic mass is 16.5. The van der Waals surface area contributed by atoms with Crippen molar-refractivity contribution in [3.63, 3.8) is 0 Å². The van der Waals surface area contributed by atoms with E-state index in [9.17, 15) is 9.59 Å². The van der Waals surface area contributed by atoms with E-state index in [2.05, 4.69) is 10.6 Å². The van der Waals surface area contributed by atoms with Crippen LogP contribution >= 0.6 is 0 Å². The van der Waals surface area contributed by atoms with Crippen LogP contribution in [-0.4, -0.2) is 17.9 Å². The number of hydrogen-bond donors (Lipinski definition) is 2. The van der Waals surface area contributed by atoms with E-state index in [0.29, 0.717) is 22.7 Å². The van der Waals surface area contributed by atoms with Gasteiger partial charge in [0, 0.05) is 16.8 Å². The molecular weight excluding hydrogens is 368 g/mol. The van der Waals surface area contributed by atoms with Gasteiger partial charge < -0.3 is 20.1 Å². The molecule has 6 nitrogen and oxygen atoms in total. The summed E-state index contributed by atoms with van der Waals surface area (Å²) in [6, 6.07) is 21.9. The molecule has 1 aliphatic rings. The first kappa shape index (κ1) is 18.6. The lowest BCUT2D eigenvalue weighted by Crippen LogP contribution is -2.34. The SMILES string of the molecule is CC1Oc2ccc(NC(=O)c3ccccc3COc3ccccc3)cc2NC1=O. The van der Waals surface area contributed by atoms with Crippen molar-refractivity contribution in [2.24, 2.45) is 0 Å². The number of benzene rings is 3. The standard InChI is InChI=1S/C23H20N2O4/c1-15-22(26)25-20-13-17(11-12-21(20)29-15)24-23(27)19-10-6-5-7-16(19)14-28-18-8-3-2-4-9-18/h2-13,15H,14H2,1H3,(H,24,27)(H,25,26). The average molecular weight is 388 g/mol. The molecule has 4 rings (SSSR count). The van der Waals surface area contributed by atoms with Crippen molar-refractivity contribution in [3.05, 3.63) is 83.9 Å². The van der Waals surface area contributed by atoms with Gasteiger partial charge in [0.05, 0.1) is 5.69 Å². The number of fused-ring (bicyclic) bond motifs is 1. The number of amides is 2. The Morgan fingerprint density at radius 3 is 2.66 bits per heavy atom. The summed E-state index contributed by atoms with van der Waals surface area (Å²) in [4.78, 5) is 24.7. The third-order valence-corrected chi connectivity index (χ3v) is 4.57. The number of anilines is 2. The predicted octanol–water partition coefficient (Wildman–Crippen LogP) is 4.24. The minimum Gasteiger partial charge on any atom is -0.489 e. The first-order valence-corrected chi connectivity index (χ1v) is 9.29. The van der Waals surface area contributed by atoms with Crippen molar-refractivity contribution < 1.29 is 19.1 Å². The highest BCUT2D eigenvalue weighted by Gasteiger charge is 2.23. The molecular formula is C23H20N2O4. The van der Waals surface area contributed by atoms with Crippen molar-refractivity contribution in [2.45, 2.75) is 19.6 Å². The monoisotopic (exact) mass is 388 g/mol. The van der Waals surface area contributed by atoms with E-state index in [-0.39, 0.29) is 18.4 Å². The zero-order chi connectivity index (χ0) is 20.2. The normalized spacial score (nSPS) is 14.9. The predicted molar refractivity (Wildman–Crippen MR) is 110 cm³/mol. The molecule has 1 aliphatic heterocycles. The van der Waals surface area contributed by atoms with Gasteiger partial charge >= 0.3 is 0 Å². The van der Waals surface area contributed by atoms with Gasteiger partial charge in [-0.25, -0.2) is 0 Å². The maximum Gasteiger partial charge on any atom is 0.265 e. The first-order chi connectivity index (χ1) is 14.1. The van der Waals surface area contributed by atoms with Crippen LogP contribution in [0.1, 0.15) is 22.8 Å². The van der Waals surface area contributed by atoms with Gasteiger partial charge in [0.25, 0.3) is 11.8 Å². The molecule has 1 unspecified atom stereocenters. The number of nitrogens with one attached hydrogen (secondary N) is 2. The van der Waals surface area contributed by atoms with Gasteiger partial charge in [0.15, 0.2) is 6.10 Å². The molecule has 0 fully saturated rings. The van der Waals surface area contributed by atoms with Crippen LogP contribution < -0.4 is 20.1 Å². The van der Waals surface area contributed by atoms with Crippen LogP contribution in [0.5, 0.6) is 11.5 Å². The lowest BCUT2D eigenvalue weighted by Gasteiger charge is -2.23. The molecule has 0 radical (unpaired) electrons. The summed E-state index contributed by atoms with van der Waals surface area (Å²) < 4.78 is 11.3. The van der Waals surface area contributed by atoms with Gasteiger partial charge in [-0.1, -0.05) is 36.4 Å². The molecule has 3 aromatic carbocycles. The van der Waals surface area contributed by atoms with Gasteiger partial charge in [-0.2, -0.15) is 0 Å². The zero-order valence-electron chi connectivity index (χ0n) is 15.8. The summed E-state index contributed by atoms with van der Waals surface area (Å²) in [5.41, 5.74) is 2.39. The summed E-state index contributed by atoms with van der Waals surface area (Å²) in [5, 5.41) is 5.65. The highest BCUT2D eigenvalue weighted by Crippen LogP contribution is 2.32. The Bertz CT molecular complexity index is 1050. The number of hydrogen-bond acceptors (Lipinski definition) is 4. The second kappa shape index (κ2) is 8.06. The minimum absolute atomic E-state index is 0.218. The number of para-hydroxylation sites is 1. The lowest BCUT2D eigenvalue weighted by atomic mass is 10.1. The Morgan fingerprint density at radius 2 is 1.83 bits per heavy atom. The zero-order valence-corrected chi connectivity index (χ0v) is 15.8. The van der Waals surface area contributed by atoms with Crippen LogP contribution in [0.25, 0.3) is 0 Å². The Kier molecular flexibility index (Phi) is 5.16. The first-order valence-electron chi connectivity index (χ1n) is 9.29. The second-order valence-corrected chi connectivity index (χ2v) is 6.67. The maximum absolute atomic E-state index is 12.8. The molecule has 0 saturated heterocycles. The molecule has 0 saturated carbocycles. The topological polar surface area (TPSA) is 76.7 Å². The van der Waals surface area contributed by atoms with Crippen molar-refractivity contribution in [1.82, 2.24) is 0 Å². The quantitative estimate of drug-likeness (QED) is 0.686. The smallest absolute Gasteiger partial charge is 0.265 e. The fourth-order valence-electron chi connectivity index (χ4n) is 3.03. The van der Waals surface area contributed by atoms with E-state index < -0.39 is 6.10 Å². The molecule has 0 aliphatic carbocycles. The molecule has 2 N–H and O–H groups in total. The number of ether oxygens (including phenoxy) is 2. The fraction of sp³-hybridized carbons (Fsp3) is 0.130. The van der Waals surface area contributed by atoms with E-state index in [4.69, 9.17) is 9.47 Å². The van der Waals surface area contributed by atoms with E-state index in [1.54, 1.807) is 31.2 Å². The largest absolute Gasteiger partial charge is 0.489 e. The molecule has 29 heavy (non-hydrogen) atoms. The highest BCUT2D eigenvalue weighted by molar-refractivity contribution is 6.06. The molecule has 146 valence electrons. The van der Waals surface area contributed by atoms with Crippen LogP contribution in [0.15, 0.2) is 72.8 Å². The summed E-state index contributed by atoms with van der Waals surface area (Å²) in [6.45, 7) is 1.96. The molecule has 3 aromatic rings. The summed E-state index contributed by atoms with van der Waals surface area (Å²) in [5.74, 6) is 0.840. The van der Waals surface area contributed by atoms with E-state index in [0.717, 1.165) is 11.3 Å². The fourth-order valence-corrected chi connectivity index (χ4v) is 3.03.